The molecule has 0 spiro atoms. The van der Waals surface area contributed by atoms with Gasteiger partial charge in [0.15, 0.2) is 0 Å². The number of ketones is 1. The summed E-state index contributed by atoms with van der Waals surface area (Å²) in [6, 6.07) is 0. The lowest BCUT2D eigenvalue weighted by Gasteiger charge is -2.31. The van der Waals surface area contributed by atoms with Gasteiger partial charge in [0.25, 0.3) is 0 Å². The minimum atomic E-state index is -0.288. The summed E-state index contributed by atoms with van der Waals surface area (Å²) in [5, 5.41) is 0. The van der Waals surface area contributed by atoms with Crippen molar-refractivity contribution in [3.63, 3.8) is 0 Å². The first-order valence-corrected chi connectivity index (χ1v) is 7.45. The number of rotatable bonds is 2. The fourth-order valence-corrected chi connectivity index (χ4v) is 3.83. The third kappa shape index (κ3) is 2.79. The molecule has 1 unspecified atom stereocenters. The standard InChI is InChI=1S/C16H28O2/c1-11-6-8-12(9-7-11)14(17)13-10-15(2,3)18-16(13,4)5/h11-13H,6-10H2,1-5H3. The van der Waals surface area contributed by atoms with E-state index in [9.17, 15) is 4.79 Å². The van der Waals surface area contributed by atoms with E-state index in [1.165, 1.54) is 12.8 Å². The second-order valence-electron chi connectivity index (χ2n) is 7.58. The van der Waals surface area contributed by atoms with Gasteiger partial charge in [-0.2, -0.15) is 0 Å². The van der Waals surface area contributed by atoms with Gasteiger partial charge >= 0.3 is 0 Å². The fraction of sp³-hybridized carbons (Fsp3) is 0.938. The van der Waals surface area contributed by atoms with Gasteiger partial charge in [0.1, 0.15) is 5.78 Å². The highest BCUT2D eigenvalue weighted by molar-refractivity contribution is 5.85. The molecule has 2 rings (SSSR count). The molecular weight excluding hydrogens is 224 g/mol. The Morgan fingerprint density at radius 3 is 2.06 bits per heavy atom. The molecule has 1 heterocycles. The molecule has 0 N–H and O–H groups in total. The summed E-state index contributed by atoms with van der Waals surface area (Å²) >= 11 is 0. The van der Waals surface area contributed by atoms with Crippen molar-refractivity contribution in [1.82, 2.24) is 0 Å². The quantitative estimate of drug-likeness (QED) is 0.743. The van der Waals surface area contributed by atoms with Gasteiger partial charge in [0.2, 0.25) is 0 Å². The Labute approximate surface area is 111 Å². The van der Waals surface area contributed by atoms with Crippen molar-refractivity contribution in [1.29, 1.82) is 0 Å². The number of hydrogen-bond donors (Lipinski definition) is 0. The highest BCUT2D eigenvalue weighted by atomic mass is 16.5. The van der Waals surface area contributed by atoms with Crippen LogP contribution in [0.2, 0.25) is 0 Å². The number of Topliss-reactive ketones (excluding diaryl/α,β-unsaturated/α-hetero) is 1. The predicted molar refractivity (Wildman–Crippen MR) is 73.5 cm³/mol. The van der Waals surface area contributed by atoms with Crippen LogP contribution in [0.5, 0.6) is 0 Å². The molecule has 1 saturated heterocycles. The molecule has 2 heteroatoms. The van der Waals surface area contributed by atoms with E-state index in [-0.39, 0.29) is 17.1 Å². The van der Waals surface area contributed by atoms with Crippen LogP contribution in [0.1, 0.15) is 66.7 Å². The lowest BCUT2D eigenvalue weighted by Crippen LogP contribution is -2.37. The Kier molecular flexibility index (Phi) is 3.61. The predicted octanol–water partition coefficient (Wildman–Crippen LogP) is 3.98. The summed E-state index contributed by atoms with van der Waals surface area (Å²) < 4.78 is 6.06. The zero-order valence-electron chi connectivity index (χ0n) is 12.6. The zero-order valence-corrected chi connectivity index (χ0v) is 12.6. The summed E-state index contributed by atoms with van der Waals surface area (Å²) in [6.45, 7) is 10.7. The molecule has 2 fully saturated rings. The van der Waals surface area contributed by atoms with Crippen molar-refractivity contribution < 1.29 is 9.53 Å². The van der Waals surface area contributed by atoms with E-state index in [0.717, 1.165) is 25.2 Å². The molecule has 0 aromatic carbocycles. The first-order chi connectivity index (χ1) is 8.21. The molecule has 0 amide bonds. The SMILES string of the molecule is CC1CCC(C(=O)C2CC(C)(C)OC2(C)C)CC1. The maximum atomic E-state index is 12.7. The largest absolute Gasteiger partial charge is 0.369 e. The second-order valence-corrected chi connectivity index (χ2v) is 7.58. The average Bonchev–Trinajstić information content (AvgIpc) is 2.47. The lowest BCUT2D eigenvalue weighted by molar-refractivity contribution is -0.134. The van der Waals surface area contributed by atoms with E-state index in [0.29, 0.717) is 11.7 Å². The molecule has 0 aromatic heterocycles. The Hall–Kier alpha value is -0.370. The van der Waals surface area contributed by atoms with Crippen LogP contribution in [0.25, 0.3) is 0 Å². The van der Waals surface area contributed by atoms with Crippen LogP contribution in [-0.4, -0.2) is 17.0 Å². The Morgan fingerprint density at radius 2 is 1.61 bits per heavy atom. The van der Waals surface area contributed by atoms with E-state index in [1.54, 1.807) is 0 Å². The van der Waals surface area contributed by atoms with Crippen LogP contribution in [0.3, 0.4) is 0 Å². The molecule has 0 aromatic rings. The molecule has 1 saturated carbocycles. The number of hydrogen-bond acceptors (Lipinski definition) is 2. The van der Waals surface area contributed by atoms with E-state index in [2.05, 4.69) is 34.6 Å². The van der Waals surface area contributed by atoms with Crippen LogP contribution >= 0.6 is 0 Å². The maximum Gasteiger partial charge on any atom is 0.142 e. The van der Waals surface area contributed by atoms with Crippen molar-refractivity contribution in [2.45, 2.75) is 77.9 Å². The van der Waals surface area contributed by atoms with E-state index in [1.807, 2.05) is 0 Å². The molecule has 0 radical (unpaired) electrons. The number of ether oxygens (including phenoxy) is 1. The molecule has 18 heavy (non-hydrogen) atoms. The second kappa shape index (κ2) is 4.63. The molecule has 1 aliphatic carbocycles. The van der Waals surface area contributed by atoms with Crippen LogP contribution in [0, 0.1) is 17.8 Å². The van der Waals surface area contributed by atoms with Gasteiger partial charge < -0.3 is 4.74 Å². The van der Waals surface area contributed by atoms with Crippen molar-refractivity contribution in [3.8, 4) is 0 Å². The molecular formula is C16H28O2. The highest BCUT2D eigenvalue weighted by Crippen LogP contribution is 2.45. The fourth-order valence-electron chi connectivity index (χ4n) is 3.83. The molecule has 2 nitrogen and oxygen atoms in total. The summed E-state index contributed by atoms with van der Waals surface area (Å²) in [7, 11) is 0. The van der Waals surface area contributed by atoms with Crippen molar-refractivity contribution in [3.05, 3.63) is 0 Å². The molecule has 0 bridgehead atoms. The van der Waals surface area contributed by atoms with E-state index >= 15 is 0 Å². The smallest absolute Gasteiger partial charge is 0.142 e. The summed E-state index contributed by atoms with van der Waals surface area (Å²) in [5.74, 6) is 1.66. The van der Waals surface area contributed by atoms with Crippen LogP contribution in [0.15, 0.2) is 0 Å². The molecule has 1 aliphatic heterocycles. The molecule has 2 aliphatic rings. The first kappa shape index (κ1) is 14.0. The third-order valence-corrected chi connectivity index (χ3v) is 4.84. The van der Waals surface area contributed by atoms with Crippen LogP contribution in [-0.2, 0) is 9.53 Å². The maximum absolute atomic E-state index is 12.7. The van der Waals surface area contributed by atoms with Gasteiger partial charge in [-0.1, -0.05) is 19.8 Å². The Balaban J connectivity index is 2.05. The third-order valence-electron chi connectivity index (χ3n) is 4.84. The van der Waals surface area contributed by atoms with Crippen molar-refractivity contribution >= 4 is 5.78 Å². The highest BCUT2D eigenvalue weighted by Gasteiger charge is 2.50. The summed E-state index contributed by atoms with van der Waals surface area (Å²) in [6.07, 6.45) is 5.49. The van der Waals surface area contributed by atoms with Gasteiger partial charge in [-0.3, -0.25) is 4.79 Å². The average molecular weight is 252 g/mol. The van der Waals surface area contributed by atoms with Gasteiger partial charge in [-0.25, -0.2) is 0 Å². The minimum absolute atomic E-state index is 0.0888. The lowest BCUT2D eigenvalue weighted by atomic mass is 9.73. The monoisotopic (exact) mass is 252 g/mol. The number of carbonyl (C=O) groups is 1. The van der Waals surface area contributed by atoms with Gasteiger partial charge in [0, 0.05) is 11.8 Å². The Morgan fingerprint density at radius 1 is 1.06 bits per heavy atom. The number of carbonyl (C=O) groups excluding carboxylic acids is 1. The van der Waals surface area contributed by atoms with Crippen molar-refractivity contribution in [2.75, 3.05) is 0 Å². The topological polar surface area (TPSA) is 26.3 Å². The van der Waals surface area contributed by atoms with E-state index < -0.39 is 0 Å². The van der Waals surface area contributed by atoms with Crippen molar-refractivity contribution in [2.24, 2.45) is 17.8 Å². The summed E-state index contributed by atoms with van der Waals surface area (Å²) in [5.41, 5.74) is -0.435. The van der Waals surface area contributed by atoms with Gasteiger partial charge in [-0.05, 0) is 52.9 Å². The molecule has 104 valence electrons. The van der Waals surface area contributed by atoms with E-state index in [4.69, 9.17) is 4.74 Å². The Bertz CT molecular complexity index is 322. The van der Waals surface area contributed by atoms with Gasteiger partial charge in [-0.15, -0.1) is 0 Å². The van der Waals surface area contributed by atoms with Crippen LogP contribution < -0.4 is 0 Å². The van der Waals surface area contributed by atoms with Gasteiger partial charge in [0.05, 0.1) is 11.2 Å². The summed E-state index contributed by atoms with van der Waals surface area (Å²) in [4.78, 5) is 12.7. The normalized spacial score (nSPS) is 38.6. The minimum Gasteiger partial charge on any atom is -0.369 e. The van der Waals surface area contributed by atoms with Crippen LogP contribution in [0.4, 0.5) is 0 Å². The first-order valence-electron chi connectivity index (χ1n) is 7.45. The molecule has 1 atom stereocenters. The zero-order chi connectivity index (χ0) is 13.6.